The number of rotatable bonds is 7. The van der Waals surface area contributed by atoms with Crippen molar-refractivity contribution in [3.8, 4) is 0 Å². The zero-order valence-corrected chi connectivity index (χ0v) is 12.2. The highest BCUT2D eigenvalue weighted by molar-refractivity contribution is 5.83. The van der Waals surface area contributed by atoms with Crippen molar-refractivity contribution in [3.63, 3.8) is 0 Å². The molecule has 1 amide bonds. The summed E-state index contributed by atoms with van der Waals surface area (Å²) >= 11 is 0. The first-order valence-electron chi connectivity index (χ1n) is 6.55. The van der Waals surface area contributed by atoms with Gasteiger partial charge in [-0.2, -0.15) is 0 Å². The van der Waals surface area contributed by atoms with Crippen LogP contribution in [0.5, 0.6) is 0 Å². The number of halogens is 1. The van der Waals surface area contributed by atoms with Crippen LogP contribution in [0.2, 0.25) is 0 Å². The largest absolute Gasteiger partial charge is 0.389 e. The van der Waals surface area contributed by atoms with Crippen molar-refractivity contribution < 1.29 is 19.0 Å². The second kappa shape index (κ2) is 7.36. The number of benzene rings is 1. The lowest BCUT2D eigenvalue weighted by Gasteiger charge is -2.25. The fraction of sp³-hybridized carbons (Fsp3) is 0.533. The van der Waals surface area contributed by atoms with Crippen molar-refractivity contribution in [2.75, 3.05) is 20.2 Å². The molecule has 1 aromatic carbocycles. The van der Waals surface area contributed by atoms with Gasteiger partial charge >= 0.3 is 0 Å². The number of aliphatic hydroxyl groups is 1. The minimum Gasteiger partial charge on any atom is -0.389 e. The molecule has 0 aliphatic rings. The van der Waals surface area contributed by atoms with Gasteiger partial charge in [0.15, 0.2) is 5.67 Å². The number of nitrogens with zero attached hydrogens (tertiary/aromatic N) is 1. The summed E-state index contributed by atoms with van der Waals surface area (Å²) in [6.45, 7) is 2.93. The molecule has 20 heavy (non-hydrogen) atoms. The highest BCUT2D eigenvalue weighted by atomic mass is 19.1. The van der Waals surface area contributed by atoms with Crippen molar-refractivity contribution in [3.05, 3.63) is 35.9 Å². The molecule has 5 heteroatoms. The summed E-state index contributed by atoms with van der Waals surface area (Å²) in [6.07, 6.45) is -0.838. The molecule has 4 nitrogen and oxygen atoms in total. The number of alkyl halides is 1. The van der Waals surface area contributed by atoms with Gasteiger partial charge in [-0.05, 0) is 19.4 Å². The lowest BCUT2D eigenvalue weighted by Crippen LogP contribution is -2.44. The molecule has 1 N–H and O–H groups in total. The maximum atomic E-state index is 13.5. The second-order valence-corrected chi connectivity index (χ2v) is 5.31. The van der Waals surface area contributed by atoms with E-state index in [-0.39, 0.29) is 13.2 Å². The monoisotopic (exact) mass is 283 g/mol. The normalized spacial score (nSPS) is 13.1. The second-order valence-electron chi connectivity index (χ2n) is 5.31. The quantitative estimate of drug-likeness (QED) is 0.829. The predicted octanol–water partition coefficient (Wildman–Crippen LogP) is 1.77. The molecule has 0 spiro atoms. The third kappa shape index (κ3) is 5.67. The smallest absolute Gasteiger partial charge is 0.259 e. The number of carbonyl (C=O) groups excluding carboxylic acids is 1. The first kappa shape index (κ1) is 16.6. The molecule has 1 unspecified atom stereocenters. The van der Waals surface area contributed by atoms with Gasteiger partial charge in [0.05, 0.1) is 19.3 Å². The molecule has 0 saturated carbocycles. The summed E-state index contributed by atoms with van der Waals surface area (Å²) in [5.41, 5.74) is -0.923. The highest BCUT2D eigenvalue weighted by Gasteiger charge is 2.30. The molecule has 0 aliphatic heterocycles. The topological polar surface area (TPSA) is 49.8 Å². The molecular formula is C15H22FNO3. The van der Waals surface area contributed by atoms with Gasteiger partial charge in [0, 0.05) is 13.6 Å². The first-order chi connectivity index (χ1) is 9.30. The number of hydrogen-bond donors (Lipinski definition) is 1. The lowest BCUT2D eigenvalue weighted by molar-refractivity contribution is -0.142. The van der Waals surface area contributed by atoms with Gasteiger partial charge in [-0.25, -0.2) is 4.39 Å². The molecule has 1 rings (SSSR count). The molecule has 0 fully saturated rings. The number of ether oxygens (including phenoxy) is 1. The summed E-state index contributed by atoms with van der Waals surface area (Å²) in [6, 6.07) is 9.58. The van der Waals surface area contributed by atoms with Crippen LogP contribution in [0.4, 0.5) is 4.39 Å². The van der Waals surface area contributed by atoms with Crippen LogP contribution in [0.1, 0.15) is 19.4 Å². The van der Waals surface area contributed by atoms with Gasteiger partial charge in [0.25, 0.3) is 5.91 Å². The van der Waals surface area contributed by atoms with Crippen molar-refractivity contribution in [2.45, 2.75) is 32.2 Å². The maximum absolute atomic E-state index is 13.5. The van der Waals surface area contributed by atoms with E-state index < -0.39 is 17.7 Å². The first-order valence-corrected chi connectivity index (χ1v) is 6.55. The average Bonchev–Trinajstić information content (AvgIpc) is 2.38. The van der Waals surface area contributed by atoms with Crippen molar-refractivity contribution >= 4 is 5.91 Å². The van der Waals surface area contributed by atoms with Crippen LogP contribution in [0.3, 0.4) is 0 Å². The number of carbonyl (C=O) groups is 1. The van der Waals surface area contributed by atoms with Gasteiger partial charge in [0.2, 0.25) is 0 Å². The van der Waals surface area contributed by atoms with E-state index in [1.165, 1.54) is 25.8 Å². The Morgan fingerprint density at radius 1 is 1.40 bits per heavy atom. The Kier molecular flexibility index (Phi) is 6.10. The molecule has 1 atom stereocenters. The van der Waals surface area contributed by atoms with Gasteiger partial charge < -0.3 is 14.7 Å². The lowest BCUT2D eigenvalue weighted by atomic mass is 10.1. The molecule has 112 valence electrons. The minimum atomic E-state index is -1.93. The Bertz CT molecular complexity index is 417. The van der Waals surface area contributed by atoms with Gasteiger partial charge in [-0.15, -0.1) is 0 Å². The van der Waals surface area contributed by atoms with E-state index in [9.17, 15) is 14.3 Å². The standard InChI is InChI=1S/C15H22FNO3/c1-15(2,16)14(19)17(3)9-13(18)11-20-10-12-7-5-4-6-8-12/h4-8,13,18H,9-11H2,1-3H3. The Morgan fingerprint density at radius 2 is 2.00 bits per heavy atom. The van der Waals surface area contributed by atoms with Crippen molar-refractivity contribution in [2.24, 2.45) is 0 Å². The maximum Gasteiger partial charge on any atom is 0.259 e. The van der Waals surface area contributed by atoms with Crippen LogP contribution in [0.15, 0.2) is 30.3 Å². The summed E-state index contributed by atoms with van der Waals surface area (Å²) in [4.78, 5) is 12.8. The number of amides is 1. The fourth-order valence-electron chi connectivity index (χ4n) is 1.79. The van der Waals surface area contributed by atoms with Crippen LogP contribution >= 0.6 is 0 Å². The fourth-order valence-corrected chi connectivity index (χ4v) is 1.79. The predicted molar refractivity (Wildman–Crippen MR) is 74.9 cm³/mol. The molecule has 0 aliphatic carbocycles. The van der Waals surface area contributed by atoms with Crippen LogP contribution in [0, 0.1) is 0 Å². The number of likely N-dealkylation sites (N-methyl/N-ethyl adjacent to an activating group) is 1. The summed E-state index contributed by atoms with van der Waals surface area (Å²) < 4.78 is 18.8. The van der Waals surface area contributed by atoms with E-state index in [0.717, 1.165) is 5.56 Å². The zero-order chi connectivity index (χ0) is 15.2. The van der Waals surface area contributed by atoms with Gasteiger partial charge in [0.1, 0.15) is 0 Å². The Hall–Kier alpha value is -1.46. The van der Waals surface area contributed by atoms with E-state index >= 15 is 0 Å². The van der Waals surface area contributed by atoms with Crippen LogP contribution in [-0.2, 0) is 16.1 Å². The molecule has 0 radical (unpaired) electrons. The molecule has 1 aromatic rings. The summed E-state index contributed by atoms with van der Waals surface area (Å²) in [5, 5.41) is 9.77. The SMILES string of the molecule is CN(CC(O)COCc1ccccc1)C(=O)C(C)(C)F. The molecule has 0 bridgehead atoms. The summed E-state index contributed by atoms with van der Waals surface area (Å²) in [7, 11) is 1.46. The Labute approximate surface area is 119 Å². The molecule has 0 heterocycles. The van der Waals surface area contributed by atoms with Crippen LogP contribution < -0.4 is 0 Å². The minimum absolute atomic E-state index is 0.0426. The van der Waals surface area contributed by atoms with E-state index in [2.05, 4.69) is 0 Å². The summed E-state index contributed by atoms with van der Waals surface area (Å²) in [5.74, 6) is -0.653. The molecule has 0 aromatic heterocycles. The van der Waals surface area contributed by atoms with E-state index in [4.69, 9.17) is 4.74 Å². The Morgan fingerprint density at radius 3 is 2.55 bits per heavy atom. The zero-order valence-electron chi connectivity index (χ0n) is 12.2. The van der Waals surface area contributed by atoms with Crippen molar-refractivity contribution in [1.82, 2.24) is 4.90 Å². The number of hydrogen-bond acceptors (Lipinski definition) is 3. The van der Waals surface area contributed by atoms with E-state index in [1.54, 1.807) is 0 Å². The van der Waals surface area contributed by atoms with E-state index in [0.29, 0.717) is 6.61 Å². The molecular weight excluding hydrogens is 261 g/mol. The van der Waals surface area contributed by atoms with Gasteiger partial charge in [-0.3, -0.25) is 4.79 Å². The van der Waals surface area contributed by atoms with E-state index in [1.807, 2.05) is 30.3 Å². The molecule has 0 saturated heterocycles. The Balaban J connectivity index is 2.30. The van der Waals surface area contributed by atoms with Crippen LogP contribution in [-0.4, -0.2) is 47.9 Å². The van der Waals surface area contributed by atoms with Gasteiger partial charge in [-0.1, -0.05) is 30.3 Å². The third-order valence-electron chi connectivity index (χ3n) is 2.76. The highest BCUT2D eigenvalue weighted by Crippen LogP contribution is 2.12. The third-order valence-corrected chi connectivity index (χ3v) is 2.76. The average molecular weight is 283 g/mol. The number of aliphatic hydroxyl groups excluding tert-OH is 1. The van der Waals surface area contributed by atoms with Crippen molar-refractivity contribution in [1.29, 1.82) is 0 Å². The van der Waals surface area contributed by atoms with Crippen LogP contribution in [0.25, 0.3) is 0 Å².